The first kappa shape index (κ1) is 7.42. The second kappa shape index (κ2) is 2.67. The summed E-state index contributed by atoms with van der Waals surface area (Å²) in [7, 11) is 0. The van der Waals surface area contributed by atoms with Crippen LogP contribution in [0.5, 0.6) is 0 Å². The van der Waals surface area contributed by atoms with Gasteiger partial charge in [0.25, 0.3) is 0 Å². The molecular weight excluding hydrogens is 220 g/mol. The van der Waals surface area contributed by atoms with Crippen molar-refractivity contribution in [2.45, 2.75) is 0 Å². The van der Waals surface area contributed by atoms with E-state index in [4.69, 9.17) is 5.73 Å². The van der Waals surface area contributed by atoms with Gasteiger partial charge in [-0.2, -0.15) is 0 Å². The molecule has 0 unspecified atom stereocenters. The van der Waals surface area contributed by atoms with E-state index in [2.05, 4.69) is 30.9 Å². The van der Waals surface area contributed by atoms with Crippen LogP contribution in [0.2, 0.25) is 0 Å². The van der Waals surface area contributed by atoms with Gasteiger partial charge in [-0.1, -0.05) is 0 Å². The van der Waals surface area contributed by atoms with Gasteiger partial charge >= 0.3 is 0 Å². The van der Waals surface area contributed by atoms with E-state index < -0.39 is 0 Å². The number of nitrogens with two attached hydrogens (primary N) is 1. The van der Waals surface area contributed by atoms with Gasteiger partial charge in [0.1, 0.15) is 11.8 Å². The van der Waals surface area contributed by atoms with E-state index in [9.17, 15) is 0 Å². The van der Waals surface area contributed by atoms with E-state index in [1.54, 1.807) is 6.20 Å². The minimum Gasteiger partial charge on any atom is -0.382 e. The van der Waals surface area contributed by atoms with Gasteiger partial charge in [0.15, 0.2) is 5.82 Å². The topological polar surface area (TPSA) is 64.7 Å². The Morgan fingerprint density at radius 1 is 1.25 bits per heavy atom. The lowest BCUT2D eigenvalue weighted by molar-refractivity contribution is 1.20. The number of rotatable bonds is 0. The van der Waals surface area contributed by atoms with Crippen LogP contribution in [0.15, 0.2) is 23.1 Å². The predicted molar refractivity (Wildman–Crippen MR) is 49.4 cm³/mol. The summed E-state index contributed by atoms with van der Waals surface area (Å²) in [6.45, 7) is 0. The third kappa shape index (κ3) is 1.12. The van der Waals surface area contributed by atoms with Gasteiger partial charge in [-0.3, -0.25) is 0 Å². The highest BCUT2D eigenvalue weighted by atomic mass is 79.9. The van der Waals surface area contributed by atoms with Crippen LogP contribution >= 0.6 is 15.9 Å². The van der Waals surface area contributed by atoms with Crippen molar-refractivity contribution in [1.82, 2.24) is 15.0 Å². The lowest BCUT2D eigenvalue weighted by Gasteiger charge is -1.97. The van der Waals surface area contributed by atoms with E-state index in [0.29, 0.717) is 11.3 Å². The molecule has 12 heavy (non-hydrogen) atoms. The quantitative estimate of drug-likeness (QED) is 0.735. The third-order valence-corrected chi connectivity index (χ3v) is 1.90. The van der Waals surface area contributed by atoms with Crippen molar-refractivity contribution in [3.63, 3.8) is 0 Å². The van der Waals surface area contributed by atoms with Crippen LogP contribution in [-0.4, -0.2) is 15.0 Å². The maximum absolute atomic E-state index is 5.58. The minimum atomic E-state index is 0.410. The van der Waals surface area contributed by atoms with E-state index in [1.165, 1.54) is 6.33 Å². The number of halogens is 1. The number of hydrogen-bond donors (Lipinski definition) is 1. The van der Waals surface area contributed by atoms with Crippen molar-refractivity contribution < 1.29 is 0 Å². The molecule has 0 aromatic carbocycles. The normalized spacial score (nSPS) is 10.4. The van der Waals surface area contributed by atoms with Crippen LogP contribution in [0.25, 0.3) is 11.0 Å². The Kier molecular flexibility index (Phi) is 1.65. The molecule has 2 heterocycles. The lowest BCUT2D eigenvalue weighted by atomic mass is 10.3. The Balaban J connectivity index is 2.86. The number of hydrogen-bond acceptors (Lipinski definition) is 4. The van der Waals surface area contributed by atoms with Gasteiger partial charge in [0.2, 0.25) is 0 Å². The van der Waals surface area contributed by atoms with Crippen LogP contribution < -0.4 is 5.73 Å². The number of aromatic nitrogens is 3. The Hall–Kier alpha value is -1.23. The molecule has 0 radical (unpaired) electrons. The molecule has 0 saturated carbocycles. The molecule has 0 bridgehead atoms. The van der Waals surface area contributed by atoms with Gasteiger partial charge in [0.05, 0.1) is 5.52 Å². The fourth-order valence-electron chi connectivity index (χ4n) is 0.939. The third-order valence-electron chi connectivity index (χ3n) is 1.47. The van der Waals surface area contributed by atoms with E-state index in [1.807, 2.05) is 6.07 Å². The Bertz CT molecular complexity index is 429. The fourth-order valence-corrected chi connectivity index (χ4v) is 1.26. The van der Waals surface area contributed by atoms with Gasteiger partial charge < -0.3 is 5.73 Å². The summed E-state index contributed by atoms with van der Waals surface area (Å²) in [5, 5.41) is 0. The first-order valence-electron chi connectivity index (χ1n) is 3.29. The maximum atomic E-state index is 5.58. The SMILES string of the molecule is Nc1ncnc2cc(Br)cnc12. The average Bonchev–Trinajstić information content (AvgIpc) is 2.04. The highest BCUT2D eigenvalue weighted by molar-refractivity contribution is 9.10. The molecule has 2 N–H and O–H groups in total. The summed E-state index contributed by atoms with van der Waals surface area (Å²) in [5.74, 6) is 0.410. The molecule has 60 valence electrons. The van der Waals surface area contributed by atoms with Gasteiger partial charge in [-0.25, -0.2) is 15.0 Å². The van der Waals surface area contributed by atoms with Crippen molar-refractivity contribution in [1.29, 1.82) is 0 Å². The van der Waals surface area contributed by atoms with Crippen molar-refractivity contribution in [3.8, 4) is 0 Å². The second-order valence-corrected chi connectivity index (χ2v) is 3.20. The average molecular weight is 225 g/mol. The number of fused-ring (bicyclic) bond motifs is 1. The van der Waals surface area contributed by atoms with Crippen LogP contribution in [-0.2, 0) is 0 Å². The summed E-state index contributed by atoms with van der Waals surface area (Å²) in [5.41, 5.74) is 6.96. The largest absolute Gasteiger partial charge is 0.382 e. The smallest absolute Gasteiger partial charge is 0.153 e. The molecule has 2 aromatic rings. The highest BCUT2D eigenvalue weighted by Crippen LogP contribution is 2.17. The van der Waals surface area contributed by atoms with Crippen LogP contribution in [0.3, 0.4) is 0 Å². The van der Waals surface area contributed by atoms with Crippen molar-refractivity contribution in [2.24, 2.45) is 0 Å². The zero-order valence-electron chi connectivity index (χ0n) is 6.03. The summed E-state index contributed by atoms with van der Waals surface area (Å²) in [4.78, 5) is 11.9. The molecule has 2 rings (SSSR count). The van der Waals surface area contributed by atoms with Gasteiger partial charge in [-0.05, 0) is 22.0 Å². The van der Waals surface area contributed by atoms with Crippen LogP contribution in [0, 0.1) is 0 Å². The zero-order valence-corrected chi connectivity index (χ0v) is 7.62. The molecule has 0 amide bonds. The molecule has 0 fully saturated rings. The first-order valence-corrected chi connectivity index (χ1v) is 4.08. The number of anilines is 1. The molecule has 2 aromatic heterocycles. The number of nitrogens with zero attached hydrogens (tertiary/aromatic N) is 3. The van der Waals surface area contributed by atoms with E-state index in [-0.39, 0.29) is 0 Å². The van der Waals surface area contributed by atoms with Crippen LogP contribution in [0.1, 0.15) is 0 Å². The standard InChI is InChI=1S/C7H5BrN4/c8-4-1-5-6(10-2-4)7(9)12-3-11-5/h1-3H,(H2,9,11,12). The first-order chi connectivity index (χ1) is 5.77. The van der Waals surface area contributed by atoms with Gasteiger partial charge in [0, 0.05) is 10.7 Å². The predicted octanol–water partition coefficient (Wildman–Crippen LogP) is 1.37. The minimum absolute atomic E-state index is 0.410. The summed E-state index contributed by atoms with van der Waals surface area (Å²) in [6, 6.07) is 1.85. The molecule has 0 aliphatic rings. The summed E-state index contributed by atoms with van der Waals surface area (Å²) in [6.07, 6.45) is 3.09. The monoisotopic (exact) mass is 224 g/mol. The van der Waals surface area contributed by atoms with E-state index >= 15 is 0 Å². The van der Waals surface area contributed by atoms with E-state index in [0.717, 1.165) is 9.99 Å². The highest BCUT2D eigenvalue weighted by Gasteiger charge is 2.00. The second-order valence-electron chi connectivity index (χ2n) is 2.28. The Labute approximate surface area is 77.0 Å². The summed E-state index contributed by atoms with van der Waals surface area (Å²) < 4.78 is 0.883. The fraction of sp³-hybridized carbons (Fsp3) is 0. The molecule has 0 spiro atoms. The lowest BCUT2D eigenvalue weighted by Crippen LogP contribution is -1.94. The molecular formula is C7H5BrN4. The Morgan fingerprint density at radius 3 is 2.92 bits per heavy atom. The van der Waals surface area contributed by atoms with Crippen LogP contribution in [0.4, 0.5) is 5.82 Å². The molecule has 0 atom stereocenters. The molecule has 5 heteroatoms. The zero-order chi connectivity index (χ0) is 8.55. The number of pyridine rings is 1. The maximum Gasteiger partial charge on any atom is 0.153 e. The molecule has 0 aliphatic carbocycles. The number of nitrogen functional groups attached to an aromatic ring is 1. The molecule has 0 aliphatic heterocycles. The summed E-state index contributed by atoms with van der Waals surface area (Å²) >= 11 is 3.29. The van der Waals surface area contributed by atoms with Crippen molar-refractivity contribution in [2.75, 3.05) is 5.73 Å². The van der Waals surface area contributed by atoms with Gasteiger partial charge in [-0.15, -0.1) is 0 Å². The van der Waals surface area contributed by atoms with Crippen molar-refractivity contribution in [3.05, 3.63) is 23.1 Å². The molecule has 0 saturated heterocycles. The molecule has 4 nitrogen and oxygen atoms in total. The Morgan fingerprint density at radius 2 is 2.08 bits per heavy atom. The van der Waals surface area contributed by atoms with Crippen molar-refractivity contribution >= 4 is 32.8 Å².